The molecule has 0 radical (unpaired) electrons. The molecule has 0 saturated heterocycles. The van der Waals surface area contributed by atoms with Crippen molar-refractivity contribution in [2.75, 3.05) is 25.5 Å². The Morgan fingerprint density at radius 2 is 2.05 bits per heavy atom. The molecule has 0 aromatic carbocycles. The van der Waals surface area contributed by atoms with Crippen LogP contribution < -0.4 is 10.6 Å². The van der Waals surface area contributed by atoms with Gasteiger partial charge < -0.3 is 15.4 Å². The van der Waals surface area contributed by atoms with Crippen LogP contribution in [0.5, 0.6) is 0 Å². The number of ether oxygens (including phenoxy) is 1. The lowest BCUT2D eigenvalue weighted by Crippen LogP contribution is -2.21. The van der Waals surface area contributed by atoms with Crippen molar-refractivity contribution in [1.29, 1.82) is 0 Å². The zero-order chi connectivity index (χ0) is 14.3. The number of rotatable bonds is 8. The smallest absolute Gasteiger partial charge is 0.131 e. The van der Waals surface area contributed by atoms with Crippen molar-refractivity contribution in [2.45, 2.75) is 46.3 Å². The Kier molecular flexibility index (Phi) is 6.73. The average molecular weight is 266 g/mol. The van der Waals surface area contributed by atoms with E-state index < -0.39 is 0 Å². The van der Waals surface area contributed by atoms with E-state index in [1.54, 1.807) is 7.11 Å². The molecule has 0 aliphatic carbocycles. The maximum absolute atomic E-state index is 5.24. The Balaban J connectivity index is 2.82. The van der Waals surface area contributed by atoms with Crippen LogP contribution in [0, 0.1) is 0 Å². The topological polar surface area (TPSA) is 59.1 Å². The van der Waals surface area contributed by atoms with Crippen LogP contribution in [0.3, 0.4) is 0 Å². The van der Waals surface area contributed by atoms with Gasteiger partial charge in [0.2, 0.25) is 0 Å². The molecule has 1 heterocycles. The zero-order valence-electron chi connectivity index (χ0n) is 12.7. The van der Waals surface area contributed by atoms with Crippen LogP contribution in [0.2, 0.25) is 0 Å². The largest absolute Gasteiger partial charge is 0.380 e. The summed E-state index contributed by atoms with van der Waals surface area (Å²) in [5.41, 5.74) is 2.00. The van der Waals surface area contributed by atoms with Crippen LogP contribution in [0.15, 0.2) is 6.20 Å². The molecule has 1 atom stereocenters. The minimum Gasteiger partial charge on any atom is -0.380 e. The van der Waals surface area contributed by atoms with Gasteiger partial charge in [0.25, 0.3) is 0 Å². The zero-order valence-corrected chi connectivity index (χ0v) is 12.7. The van der Waals surface area contributed by atoms with Gasteiger partial charge in [-0.3, -0.25) is 0 Å². The summed E-state index contributed by atoms with van der Waals surface area (Å²) in [6.07, 6.45) is 2.04. The van der Waals surface area contributed by atoms with Crippen LogP contribution in [-0.4, -0.2) is 36.3 Å². The van der Waals surface area contributed by atoms with Gasteiger partial charge >= 0.3 is 0 Å². The molecule has 0 aliphatic heterocycles. The van der Waals surface area contributed by atoms with E-state index in [4.69, 9.17) is 4.74 Å². The number of methoxy groups -OCH3 is 1. The normalized spacial score (nSPS) is 12.7. The Labute approximate surface area is 116 Å². The summed E-state index contributed by atoms with van der Waals surface area (Å²) in [4.78, 5) is 9.05. The van der Waals surface area contributed by atoms with Crippen molar-refractivity contribution in [3.05, 3.63) is 17.7 Å². The van der Waals surface area contributed by atoms with E-state index in [9.17, 15) is 0 Å². The van der Waals surface area contributed by atoms with Gasteiger partial charge in [0.15, 0.2) is 0 Å². The first-order valence-electron chi connectivity index (χ1n) is 6.91. The van der Waals surface area contributed by atoms with Gasteiger partial charge in [0.05, 0.1) is 23.7 Å². The van der Waals surface area contributed by atoms with Gasteiger partial charge in [-0.15, -0.1) is 0 Å². The van der Waals surface area contributed by atoms with Gasteiger partial charge in [-0.25, -0.2) is 9.97 Å². The SMILES string of the molecule is CCNCc1nc(C(C)C)ncc1NCC(C)OC. The second-order valence-electron chi connectivity index (χ2n) is 4.95. The molecule has 0 spiro atoms. The fraction of sp³-hybridized carbons (Fsp3) is 0.714. The van der Waals surface area contributed by atoms with Crippen LogP contribution in [0.25, 0.3) is 0 Å². The molecule has 2 N–H and O–H groups in total. The summed E-state index contributed by atoms with van der Waals surface area (Å²) >= 11 is 0. The summed E-state index contributed by atoms with van der Waals surface area (Å²) in [5, 5.41) is 6.66. The van der Waals surface area contributed by atoms with Crippen molar-refractivity contribution in [2.24, 2.45) is 0 Å². The molecule has 0 saturated carbocycles. The highest BCUT2D eigenvalue weighted by atomic mass is 16.5. The van der Waals surface area contributed by atoms with Crippen molar-refractivity contribution in [3.8, 4) is 0 Å². The number of hydrogen-bond acceptors (Lipinski definition) is 5. The summed E-state index contributed by atoms with van der Waals surface area (Å²) < 4.78 is 5.24. The molecule has 1 aromatic rings. The lowest BCUT2D eigenvalue weighted by atomic mass is 10.2. The van der Waals surface area contributed by atoms with Gasteiger partial charge in [-0.1, -0.05) is 20.8 Å². The molecule has 5 nitrogen and oxygen atoms in total. The van der Waals surface area contributed by atoms with Crippen molar-refractivity contribution >= 4 is 5.69 Å². The third-order valence-electron chi connectivity index (χ3n) is 2.93. The second kappa shape index (κ2) is 8.07. The molecule has 1 aromatic heterocycles. The fourth-order valence-corrected chi connectivity index (χ4v) is 1.57. The minimum atomic E-state index is 0.164. The first-order chi connectivity index (χ1) is 9.08. The fourth-order valence-electron chi connectivity index (χ4n) is 1.57. The number of aromatic nitrogens is 2. The molecule has 19 heavy (non-hydrogen) atoms. The van der Waals surface area contributed by atoms with Crippen LogP contribution >= 0.6 is 0 Å². The first-order valence-corrected chi connectivity index (χ1v) is 6.91. The number of anilines is 1. The summed E-state index contributed by atoms with van der Waals surface area (Å²) in [7, 11) is 1.71. The third kappa shape index (κ3) is 5.12. The van der Waals surface area contributed by atoms with E-state index >= 15 is 0 Å². The Hall–Kier alpha value is -1.20. The molecule has 1 rings (SSSR count). The van der Waals surface area contributed by atoms with E-state index in [1.807, 2.05) is 13.1 Å². The highest BCUT2D eigenvalue weighted by Crippen LogP contribution is 2.16. The molecular formula is C14H26N4O. The molecular weight excluding hydrogens is 240 g/mol. The highest BCUT2D eigenvalue weighted by Gasteiger charge is 2.10. The molecule has 0 amide bonds. The van der Waals surface area contributed by atoms with E-state index in [0.717, 1.165) is 36.8 Å². The van der Waals surface area contributed by atoms with Gasteiger partial charge in [-0.05, 0) is 13.5 Å². The van der Waals surface area contributed by atoms with Crippen molar-refractivity contribution in [3.63, 3.8) is 0 Å². The standard InChI is InChI=1S/C14H26N4O/c1-6-15-8-13-12(16-7-11(4)19-5)9-17-14(18-13)10(2)3/h9-11,15-16H,6-8H2,1-5H3. The quantitative estimate of drug-likeness (QED) is 0.755. The molecule has 0 fully saturated rings. The van der Waals surface area contributed by atoms with Gasteiger partial charge in [0.1, 0.15) is 5.82 Å². The molecule has 5 heteroatoms. The molecule has 0 bridgehead atoms. The van der Waals surface area contributed by atoms with E-state index in [0.29, 0.717) is 5.92 Å². The van der Waals surface area contributed by atoms with E-state index in [-0.39, 0.29) is 6.10 Å². The van der Waals surface area contributed by atoms with Crippen LogP contribution in [0.1, 0.15) is 45.1 Å². The predicted molar refractivity (Wildman–Crippen MR) is 78.5 cm³/mol. The highest BCUT2D eigenvalue weighted by molar-refractivity contribution is 5.46. The maximum atomic E-state index is 5.24. The van der Waals surface area contributed by atoms with Gasteiger partial charge in [-0.2, -0.15) is 0 Å². The summed E-state index contributed by atoms with van der Waals surface area (Å²) in [6.45, 7) is 10.8. The number of nitrogens with one attached hydrogen (secondary N) is 2. The number of nitrogens with zero attached hydrogens (tertiary/aromatic N) is 2. The Morgan fingerprint density at radius 3 is 2.63 bits per heavy atom. The lowest BCUT2D eigenvalue weighted by molar-refractivity contribution is 0.129. The maximum Gasteiger partial charge on any atom is 0.131 e. The monoisotopic (exact) mass is 266 g/mol. The molecule has 108 valence electrons. The molecule has 1 unspecified atom stereocenters. The second-order valence-corrected chi connectivity index (χ2v) is 4.95. The van der Waals surface area contributed by atoms with Gasteiger partial charge in [0, 0.05) is 26.1 Å². The average Bonchev–Trinajstić information content (AvgIpc) is 2.42. The minimum absolute atomic E-state index is 0.164. The molecule has 0 aliphatic rings. The van der Waals surface area contributed by atoms with Crippen LogP contribution in [0.4, 0.5) is 5.69 Å². The Bertz CT molecular complexity index is 382. The number of hydrogen-bond donors (Lipinski definition) is 2. The third-order valence-corrected chi connectivity index (χ3v) is 2.93. The first kappa shape index (κ1) is 15.9. The predicted octanol–water partition coefficient (Wildman–Crippen LogP) is 2.16. The lowest BCUT2D eigenvalue weighted by Gasteiger charge is -2.16. The summed E-state index contributed by atoms with van der Waals surface area (Å²) in [5.74, 6) is 1.23. The summed E-state index contributed by atoms with van der Waals surface area (Å²) in [6, 6.07) is 0. The Morgan fingerprint density at radius 1 is 1.32 bits per heavy atom. The van der Waals surface area contributed by atoms with E-state index in [1.165, 1.54) is 0 Å². The van der Waals surface area contributed by atoms with E-state index in [2.05, 4.69) is 41.4 Å². The van der Waals surface area contributed by atoms with Crippen molar-refractivity contribution < 1.29 is 4.74 Å². The van der Waals surface area contributed by atoms with Crippen molar-refractivity contribution in [1.82, 2.24) is 15.3 Å². The van der Waals surface area contributed by atoms with Crippen LogP contribution in [-0.2, 0) is 11.3 Å².